The molecule has 0 bridgehead atoms. The molecule has 0 aliphatic carbocycles. The maximum absolute atomic E-state index is 11.9. The Morgan fingerprint density at radius 3 is 2.61 bits per heavy atom. The normalized spacial score (nSPS) is 12.1. The van der Waals surface area contributed by atoms with Gasteiger partial charge in [-0.15, -0.1) is 11.3 Å². The summed E-state index contributed by atoms with van der Waals surface area (Å²) in [5, 5.41) is 11.6. The molecule has 2 N–H and O–H groups in total. The first-order valence-electron chi connectivity index (χ1n) is 6.18. The molecule has 100 valence electrons. The molecule has 0 aliphatic heterocycles. The smallest absolute Gasteiger partial charge is 0.305 e. The van der Waals surface area contributed by atoms with Crippen molar-refractivity contribution in [2.45, 2.75) is 45.6 Å². The average Bonchev–Trinajstić information content (AvgIpc) is 2.76. The monoisotopic (exact) mass is 269 g/mol. The fourth-order valence-electron chi connectivity index (χ4n) is 1.73. The number of thiophene rings is 1. The van der Waals surface area contributed by atoms with Crippen molar-refractivity contribution < 1.29 is 14.7 Å². The zero-order valence-corrected chi connectivity index (χ0v) is 11.5. The Morgan fingerprint density at radius 2 is 2.11 bits per heavy atom. The number of carboxylic acid groups (broad SMARTS) is 1. The zero-order valence-electron chi connectivity index (χ0n) is 10.7. The molecule has 5 heteroatoms. The van der Waals surface area contributed by atoms with E-state index < -0.39 is 5.97 Å². The molecule has 0 saturated heterocycles. The standard InChI is InChI=1S/C13H19NO3S/c1-3-5-9(8-12(15)16)14-13(17)11-7-6-10(4-2)18-11/h6-7,9H,3-5,8H2,1-2H3,(H,14,17)(H,15,16). The highest BCUT2D eigenvalue weighted by atomic mass is 32.1. The second kappa shape index (κ2) is 7.16. The number of nitrogens with one attached hydrogen (secondary N) is 1. The third kappa shape index (κ3) is 4.49. The molecular formula is C13H19NO3S. The van der Waals surface area contributed by atoms with Crippen molar-refractivity contribution in [2.75, 3.05) is 0 Å². The molecular weight excluding hydrogens is 250 g/mol. The van der Waals surface area contributed by atoms with Crippen molar-refractivity contribution in [1.82, 2.24) is 5.32 Å². The van der Waals surface area contributed by atoms with Crippen LogP contribution in [0.2, 0.25) is 0 Å². The first-order chi connectivity index (χ1) is 8.56. The van der Waals surface area contributed by atoms with Crippen LogP contribution in [0.3, 0.4) is 0 Å². The van der Waals surface area contributed by atoms with Gasteiger partial charge >= 0.3 is 5.97 Å². The summed E-state index contributed by atoms with van der Waals surface area (Å²) in [7, 11) is 0. The van der Waals surface area contributed by atoms with E-state index in [2.05, 4.69) is 5.32 Å². The number of rotatable bonds is 7. The van der Waals surface area contributed by atoms with E-state index in [0.29, 0.717) is 11.3 Å². The minimum absolute atomic E-state index is 0.0222. The number of carboxylic acids is 1. The van der Waals surface area contributed by atoms with E-state index in [1.807, 2.05) is 19.9 Å². The zero-order chi connectivity index (χ0) is 13.5. The van der Waals surface area contributed by atoms with Crippen LogP contribution in [-0.2, 0) is 11.2 Å². The van der Waals surface area contributed by atoms with Crippen LogP contribution in [0.25, 0.3) is 0 Å². The molecule has 0 aromatic carbocycles. The molecule has 0 saturated carbocycles. The van der Waals surface area contributed by atoms with Crippen molar-refractivity contribution >= 4 is 23.2 Å². The van der Waals surface area contributed by atoms with E-state index >= 15 is 0 Å². The number of amides is 1. The molecule has 1 aromatic rings. The number of aryl methyl sites for hydroxylation is 1. The van der Waals surface area contributed by atoms with Crippen LogP contribution < -0.4 is 5.32 Å². The van der Waals surface area contributed by atoms with E-state index in [4.69, 9.17) is 5.11 Å². The van der Waals surface area contributed by atoms with Crippen LogP contribution >= 0.6 is 11.3 Å². The highest BCUT2D eigenvalue weighted by Gasteiger charge is 2.17. The van der Waals surface area contributed by atoms with Crippen molar-refractivity contribution in [1.29, 1.82) is 0 Å². The van der Waals surface area contributed by atoms with E-state index in [1.54, 1.807) is 6.07 Å². The minimum Gasteiger partial charge on any atom is -0.481 e. The van der Waals surface area contributed by atoms with Crippen LogP contribution in [-0.4, -0.2) is 23.0 Å². The SMILES string of the molecule is CCCC(CC(=O)O)NC(=O)c1ccc(CC)s1. The molecule has 0 radical (unpaired) electrons. The minimum atomic E-state index is -0.880. The number of hydrogen-bond donors (Lipinski definition) is 2. The predicted octanol–water partition coefficient (Wildman–Crippen LogP) is 2.68. The summed E-state index contributed by atoms with van der Waals surface area (Å²) in [5.74, 6) is -1.05. The van der Waals surface area contributed by atoms with Crippen molar-refractivity contribution in [3.63, 3.8) is 0 Å². The highest BCUT2D eigenvalue weighted by Crippen LogP contribution is 2.17. The molecule has 1 heterocycles. The van der Waals surface area contributed by atoms with Gasteiger partial charge in [0.2, 0.25) is 0 Å². The first kappa shape index (κ1) is 14.7. The molecule has 0 fully saturated rings. The lowest BCUT2D eigenvalue weighted by molar-refractivity contribution is -0.137. The van der Waals surface area contributed by atoms with Gasteiger partial charge in [0.1, 0.15) is 0 Å². The van der Waals surface area contributed by atoms with Gasteiger partial charge in [0.05, 0.1) is 11.3 Å². The van der Waals surface area contributed by atoms with Gasteiger partial charge in [-0.1, -0.05) is 20.3 Å². The fourth-order valence-corrected chi connectivity index (χ4v) is 2.58. The maximum Gasteiger partial charge on any atom is 0.305 e. The van der Waals surface area contributed by atoms with Crippen LogP contribution in [0.4, 0.5) is 0 Å². The lowest BCUT2D eigenvalue weighted by Crippen LogP contribution is -2.36. The van der Waals surface area contributed by atoms with Gasteiger partial charge in [0, 0.05) is 10.9 Å². The Morgan fingerprint density at radius 1 is 1.39 bits per heavy atom. The first-order valence-corrected chi connectivity index (χ1v) is 6.99. The molecule has 1 aromatic heterocycles. The predicted molar refractivity (Wildman–Crippen MR) is 72.1 cm³/mol. The summed E-state index contributed by atoms with van der Waals surface area (Å²) in [6, 6.07) is 3.45. The Hall–Kier alpha value is -1.36. The summed E-state index contributed by atoms with van der Waals surface area (Å²) in [5.41, 5.74) is 0. The van der Waals surface area contributed by atoms with E-state index in [0.717, 1.165) is 17.7 Å². The maximum atomic E-state index is 11.9. The molecule has 1 atom stereocenters. The average molecular weight is 269 g/mol. The van der Waals surface area contributed by atoms with Crippen LogP contribution in [0.15, 0.2) is 12.1 Å². The number of carbonyl (C=O) groups excluding carboxylic acids is 1. The summed E-state index contributed by atoms with van der Waals surface area (Å²) in [6.45, 7) is 4.01. The molecule has 0 aliphatic rings. The summed E-state index contributed by atoms with van der Waals surface area (Å²) < 4.78 is 0. The largest absolute Gasteiger partial charge is 0.481 e. The molecule has 18 heavy (non-hydrogen) atoms. The second-order valence-corrected chi connectivity index (χ2v) is 5.34. The van der Waals surface area contributed by atoms with E-state index in [9.17, 15) is 9.59 Å². The number of aliphatic carboxylic acids is 1. The lowest BCUT2D eigenvalue weighted by atomic mass is 10.1. The van der Waals surface area contributed by atoms with Crippen LogP contribution in [0.1, 0.15) is 47.7 Å². The third-order valence-corrected chi connectivity index (χ3v) is 3.86. The van der Waals surface area contributed by atoms with Gasteiger partial charge in [-0.3, -0.25) is 9.59 Å². The van der Waals surface area contributed by atoms with Crippen molar-refractivity contribution in [3.05, 3.63) is 21.9 Å². The van der Waals surface area contributed by atoms with Gasteiger partial charge in [-0.05, 0) is 25.0 Å². The molecule has 1 amide bonds. The second-order valence-electron chi connectivity index (χ2n) is 4.18. The fraction of sp³-hybridized carbons (Fsp3) is 0.538. The van der Waals surface area contributed by atoms with Gasteiger partial charge < -0.3 is 10.4 Å². The van der Waals surface area contributed by atoms with Crippen molar-refractivity contribution in [3.8, 4) is 0 Å². The van der Waals surface area contributed by atoms with Crippen LogP contribution in [0, 0.1) is 0 Å². The number of hydrogen-bond acceptors (Lipinski definition) is 3. The van der Waals surface area contributed by atoms with E-state index in [-0.39, 0.29) is 18.4 Å². The van der Waals surface area contributed by atoms with Gasteiger partial charge in [-0.2, -0.15) is 0 Å². The Labute approximate surface area is 111 Å². The molecule has 0 spiro atoms. The Kier molecular flexibility index (Phi) is 5.85. The number of carbonyl (C=O) groups is 2. The van der Waals surface area contributed by atoms with Crippen LogP contribution in [0.5, 0.6) is 0 Å². The molecule has 1 unspecified atom stereocenters. The highest BCUT2D eigenvalue weighted by molar-refractivity contribution is 7.14. The van der Waals surface area contributed by atoms with E-state index in [1.165, 1.54) is 11.3 Å². The molecule has 4 nitrogen and oxygen atoms in total. The quantitative estimate of drug-likeness (QED) is 0.799. The van der Waals surface area contributed by atoms with Gasteiger partial charge in [0.15, 0.2) is 0 Å². The Balaban J connectivity index is 2.62. The lowest BCUT2D eigenvalue weighted by Gasteiger charge is -2.15. The Bertz CT molecular complexity index is 414. The summed E-state index contributed by atoms with van der Waals surface area (Å²) in [6.07, 6.45) is 2.42. The van der Waals surface area contributed by atoms with Gasteiger partial charge in [-0.25, -0.2) is 0 Å². The topological polar surface area (TPSA) is 66.4 Å². The third-order valence-electron chi connectivity index (χ3n) is 2.63. The molecule has 1 rings (SSSR count). The van der Waals surface area contributed by atoms with Gasteiger partial charge in [0.25, 0.3) is 5.91 Å². The summed E-state index contributed by atoms with van der Waals surface area (Å²) >= 11 is 1.46. The van der Waals surface area contributed by atoms with Crippen molar-refractivity contribution in [2.24, 2.45) is 0 Å². The summed E-state index contributed by atoms with van der Waals surface area (Å²) in [4.78, 5) is 24.5.